The lowest BCUT2D eigenvalue weighted by Gasteiger charge is -2.25. The van der Waals surface area contributed by atoms with Crippen molar-refractivity contribution in [3.8, 4) is 0 Å². The Balaban J connectivity index is 2.48. The van der Waals surface area contributed by atoms with Crippen LogP contribution in [0.15, 0.2) is 34.9 Å². The van der Waals surface area contributed by atoms with Gasteiger partial charge in [0.05, 0.1) is 16.1 Å². The van der Waals surface area contributed by atoms with Crippen LogP contribution in [-0.4, -0.2) is 15.6 Å². The molecule has 1 heterocycles. The van der Waals surface area contributed by atoms with Crippen molar-refractivity contribution in [2.45, 2.75) is 39.2 Å². The summed E-state index contributed by atoms with van der Waals surface area (Å²) in [7, 11) is 0. The number of hydrogen-bond acceptors (Lipinski definition) is 2. The lowest BCUT2D eigenvalue weighted by Crippen LogP contribution is -2.31. The van der Waals surface area contributed by atoms with Gasteiger partial charge in [-0.25, -0.2) is 4.39 Å². The number of aromatic nitrogens is 2. The van der Waals surface area contributed by atoms with Crippen molar-refractivity contribution >= 4 is 21.7 Å². The van der Waals surface area contributed by atoms with Crippen LogP contribution in [0.1, 0.15) is 49.8 Å². The molecule has 0 fully saturated rings. The Kier molecular flexibility index (Phi) is 4.33. The van der Waals surface area contributed by atoms with Gasteiger partial charge in [0.1, 0.15) is 11.5 Å². The van der Waals surface area contributed by atoms with Gasteiger partial charge in [-0.1, -0.05) is 12.1 Å². The molecule has 0 amide bonds. The van der Waals surface area contributed by atoms with Crippen LogP contribution >= 0.6 is 15.9 Å². The molecule has 5 heteroatoms. The highest BCUT2D eigenvalue weighted by molar-refractivity contribution is 9.10. The number of Topliss-reactive ketones (excluding diaryl/α,β-unsaturated/α-hetero) is 1. The molecule has 1 aromatic heterocycles. The van der Waals surface area contributed by atoms with Crippen LogP contribution in [0.2, 0.25) is 0 Å². The average Bonchev–Trinajstić information content (AvgIpc) is 2.80. The Labute approximate surface area is 132 Å². The summed E-state index contributed by atoms with van der Waals surface area (Å²) in [6.45, 7) is 7.63. The van der Waals surface area contributed by atoms with Gasteiger partial charge in [0.25, 0.3) is 0 Å². The first-order valence-electron chi connectivity index (χ1n) is 6.79. The molecule has 0 saturated heterocycles. The largest absolute Gasteiger partial charge is 0.291 e. The minimum Gasteiger partial charge on any atom is -0.291 e. The molecule has 21 heavy (non-hydrogen) atoms. The second kappa shape index (κ2) is 5.72. The van der Waals surface area contributed by atoms with Crippen molar-refractivity contribution in [3.63, 3.8) is 0 Å². The van der Waals surface area contributed by atoms with Crippen LogP contribution < -0.4 is 0 Å². The van der Waals surface area contributed by atoms with E-state index in [9.17, 15) is 9.18 Å². The molecule has 1 aromatic carbocycles. The third-order valence-electron chi connectivity index (χ3n) is 3.59. The summed E-state index contributed by atoms with van der Waals surface area (Å²) in [6.07, 6.45) is 1.63. The highest BCUT2D eigenvalue weighted by atomic mass is 79.9. The summed E-state index contributed by atoms with van der Waals surface area (Å²) >= 11 is 3.40. The van der Waals surface area contributed by atoms with Crippen LogP contribution in [0.4, 0.5) is 4.39 Å². The Bertz CT molecular complexity index is 659. The lowest BCUT2D eigenvalue weighted by atomic mass is 9.79. The predicted molar refractivity (Wildman–Crippen MR) is 84.1 cm³/mol. The standard InChI is InChI=1S/C16H18BrFN2O/c1-10(2)20-14(13(17)9-19-20)15(21)16(3,4)11-5-7-12(18)8-6-11/h5-10H,1-4H3. The molecule has 0 aliphatic carbocycles. The van der Waals surface area contributed by atoms with E-state index in [-0.39, 0.29) is 17.6 Å². The van der Waals surface area contributed by atoms with E-state index >= 15 is 0 Å². The molecule has 0 N–H and O–H groups in total. The fraction of sp³-hybridized carbons (Fsp3) is 0.375. The summed E-state index contributed by atoms with van der Waals surface area (Å²) in [5.41, 5.74) is 0.555. The van der Waals surface area contributed by atoms with Crippen molar-refractivity contribution in [2.75, 3.05) is 0 Å². The van der Waals surface area contributed by atoms with E-state index in [0.29, 0.717) is 10.2 Å². The molecule has 0 aliphatic rings. The van der Waals surface area contributed by atoms with Crippen LogP contribution in [-0.2, 0) is 5.41 Å². The van der Waals surface area contributed by atoms with Gasteiger partial charge in [-0.15, -0.1) is 0 Å². The maximum atomic E-state index is 13.1. The Morgan fingerprint density at radius 1 is 1.29 bits per heavy atom. The van der Waals surface area contributed by atoms with Crippen molar-refractivity contribution in [3.05, 3.63) is 52.0 Å². The van der Waals surface area contributed by atoms with E-state index in [1.807, 2.05) is 27.7 Å². The SMILES string of the molecule is CC(C)n1ncc(Br)c1C(=O)C(C)(C)c1ccc(F)cc1. The minimum absolute atomic E-state index is 0.0489. The van der Waals surface area contributed by atoms with Crippen molar-refractivity contribution in [1.29, 1.82) is 0 Å². The van der Waals surface area contributed by atoms with Crippen molar-refractivity contribution < 1.29 is 9.18 Å². The van der Waals surface area contributed by atoms with Gasteiger partial charge in [-0.3, -0.25) is 9.48 Å². The normalized spacial score (nSPS) is 12.0. The molecule has 0 saturated carbocycles. The molecular formula is C16H18BrFN2O. The van der Waals surface area contributed by atoms with Gasteiger partial charge in [0.2, 0.25) is 0 Å². The summed E-state index contributed by atoms with van der Waals surface area (Å²) < 4.78 is 15.5. The summed E-state index contributed by atoms with van der Waals surface area (Å²) in [5, 5.41) is 4.25. The first-order valence-corrected chi connectivity index (χ1v) is 7.58. The highest BCUT2D eigenvalue weighted by Crippen LogP contribution is 2.31. The maximum Gasteiger partial charge on any atom is 0.191 e. The first kappa shape index (κ1) is 15.9. The minimum atomic E-state index is -0.761. The van der Waals surface area contributed by atoms with Crippen LogP contribution in [0.3, 0.4) is 0 Å². The number of rotatable bonds is 4. The van der Waals surface area contributed by atoms with Gasteiger partial charge in [-0.2, -0.15) is 5.10 Å². The summed E-state index contributed by atoms with van der Waals surface area (Å²) in [4.78, 5) is 13.0. The van der Waals surface area contributed by atoms with Crippen molar-refractivity contribution in [1.82, 2.24) is 9.78 Å². The lowest BCUT2D eigenvalue weighted by molar-refractivity contribution is 0.0894. The van der Waals surface area contributed by atoms with E-state index in [0.717, 1.165) is 5.56 Å². The Hall–Kier alpha value is -1.49. The molecule has 0 atom stereocenters. The van der Waals surface area contributed by atoms with Gasteiger partial charge < -0.3 is 0 Å². The molecule has 0 aliphatic heterocycles. The van der Waals surface area contributed by atoms with Crippen LogP contribution in [0.5, 0.6) is 0 Å². The molecule has 2 rings (SSSR count). The number of ketones is 1. The highest BCUT2D eigenvalue weighted by Gasteiger charge is 2.34. The molecular weight excluding hydrogens is 335 g/mol. The fourth-order valence-corrected chi connectivity index (χ4v) is 2.69. The maximum absolute atomic E-state index is 13.1. The average molecular weight is 353 g/mol. The Morgan fingerprint density at radius 3 is 2.38 bits per heavy atom. The quantitative estimate of drug-likeness (QED) is 0.757. The Morgan fingerprint density at radius 2 is 1.86 bits per heavy atom. The smallest absolute Gasteiger partial charge is 0.191 e. The first-order chi connectivity index (χ1) is 9.75. The van der Waals surface area contributed by atoms with Gasteiger partial charge in [-0.05, 0) is 61.3 Å². The van der Waals surface area contributed by atoms with E-state index in [1.165, 1.54) is 12.1 Å². The number of halogens is 2. The molecule has 2 aromatic rings. The van der Waals surface area contributed by atoms with Crippen molar-refractivity contribution in [2.24, 2.45) is 0 Å². The molecule has 0 radical (unpaired) electrons. The third kappa shape index (κ3) is 2.93. The zero-order valence-corrected chi connectivity index (χ0v) is 14.1. The summed E-state index contributed by atoms with van der Waals surface area (Å²) in [6, 6.07) is 6.13. The van der Waals surface area contributed by atoms with Gasteiger partial charge in [0.15, 0.2) is 5.78 Å². The number of carbonyl (C=O) groups is 1. The topological polar surface area (TPSA) is 34.9 Å². The predicted octanol–water partition coefficient (Wildman–Crippen LogP) is 4.53. The number of hydrogen-bond donors (Lipinski definition) is 0. The number of nitrogens with zero attached hydrogens (tertiary/aromatic N) is 2. The van der Waals surface area contributed by atoms with E-state index in [1.54, 1.807) is 23.0 Å². The zero-order valence-electron chi connectivity index (χ0n) is 12.5. The second-order valence-corrected chi connectivity index (χ2v) is 6.69. The molecule has 0 spiro atoms. The molecule has 0 unspecified atom stereocenters. The van der Waals surface area contributed by atoms with Crippen LogP contribution in [0.25, 0.3) is 0 Å². The molecule has 0 bridgehead atoms. The second-order valence-electron chi connectivity index (χ2n) is 5.84. The summed E-state index contributed by atoms with van der Waals surface area (Å²) in [5.74, 6) is -0.359. The van der Waals surface area contributed by atoms with Crippen LogP contribution in [0, 0.1) is 5.82 Å². The molecule has 3 nitrogen and oxygen atoms in total. The fourth-order valence-electron chi connectivity index (χ4n) is 2.24. The zero-order chi connectivity index (χ0) is 15.8. The van der Waals surface area contributed by atoms with Gasteiger partial charge >= 0.3 is 0 Å². The monoisotopic (exact) mass is 352 g/mol. The number of benzene rings is 1. The van der Waals surface area contributed by atoms with E-state index in [4.69, 9.17) is 0 Å². The number of carbonyl (C=O) groups excluding carboxylic acids is 1. The third-order valence-corrected chi connectivity index (χ3v) is 4.17. The van der Waals surface area contributed by atoms with E-state index in [2.05, 4.69) is 21.0 Å². The molecule has 112 valence electrons. The van der Waals surface area contributed by atoms with E-state index < -0.39 is 5.41 Å². The van der Waals surface area contributed by atoms with Gasteiger partial charge in [0, 0.05) is 6.04 Å².